The van der Waals surface area contributed by atoms with Crippen LogP contribution in [0.2, 0.25) is 0 Å². The highest BCUT2D eigenvalue weighted by Gasteiger charge is 2.47. The van der Waals surface area contributed by atoms with E-state index in [9.17, 15) is 35.1 Å². The van der Waals surface area contributed by atoms with E-state index in [0.29, 0.717) is 19.3 Å². The van der Waals surface area contributed by atoms with Crippen molar-refractivity contribution in [2.45, 2.75) is 372 Å². The minimum Gasteiger partial charge on any atom is -0.454 e. The molecule has 1 heterocycles. The highest BCUT2D eigenvalue weighted by molar-refractivity contribution is 5.80. The van der Waals surface area contributed by atoms with Crippen LogP contribution in [0, 0.1) is 0 Å². The van der Waals surface area contributed by atoms with Gasteiger partial charge in [-0.1, -0.05) is 295 Å². The summed E-state index contributed by atoms with van der Waals surface area (Å²) in [6.07, 6.45) is 57.6. The summed E-state index contributed by atoms with van der Waals surface area (Å²) in [6, 6.07) is -1.02. The van der Waals surface area contributed by atoms with E-state index in [1.54, 1.807) is 6.08 Å². The van der Waals surface area contributed by atoms with Gasteiger partial charge in [0, 0.05) is 6.42 Å². The maximum atomic E-state index is 13.5. The highest BCUT2D eigenvalue weighted by Crippen LogP contribution is 2.26. The molecule has 0 spiro atoms. The fraction of sp³-hybridized carbons (Fsp3) is 0.882. The molecule has 8 unspecified atom stereocenters. The lowest BCUT2D eigenvalue weighted by molar-refractivity contribution is -0.305. The summed E-state index contributed by atoms with van der Waals surface area (Å²) < 4.78 is 17.6. The molecule has 1 fully saturated rings. The van der Waals surface area contributed by atoms with Gasteiger partial charge in [-0.3, -0.25) is 9.59 Å². The average molecular weight is 1120 g/mol. The van der Waals surface area contributed by atoms with E-state index in [0.717, 1.165) is 64.2 Å². The smallest absolute Gasteiger partial charge is 0.306 e. The van der Waals surface area contributed by atoms with Crippen LogP contribution in [0.5, 0.6) is 0 Å². The van der Waals surface area contributed by atoms with E-state index >= 15 is 0 Å². The number of aliphatic hydroxyl groups excluding tert-OH is 5. The van der Waals surface area contributed by atoms with Crippen LogP contribution in [0.1, 0.15) is 323 Å². The molecule has 79 heavy (non-hydrogen) atoms. The van der Waals surface area contributed by atoms with Crippen molar-refractivity contribution < 1.29 is 49.3 Å². The van der Waals surface area contributed by atoms with E-state index in [-0.39, 0.29) is 13.0 Å². The van der Waals surface area contributed by atoms with E-state index in [4.69, 9.17) is 14.2 Å². The summed E-state index contributed by atoms with van der Waals surface area (Å²) in [5.41, 5.74) is 0. The standard InChI is InChI=1S/C68H127NO10/c1-4-7-10-13-16-19-22-25-26-27-28-29-30-31-32-33-34-35-38-40-43-46-49-52-55-61(72)67(76)69-59(60(71)54-51-48-45-42-39-36-23-20-17-14-11-8-5-2)58-77-68-66(65(75)64(74)62(57-70)78-68)79-63(73)56-53-50-47-44-41-37-24-21-18-15-12-9-6-3/h16,19,25-26,51,54,59-62,64-66,68,70-72,74-75H,4-15,17-18,20-24,27-50,52-53,55-58H2,1-3H3,(H,69,76)/b19-16-,26-25-,54-51+. The molecule has 1 rings (SSSR count). The summed E-state index contributed by atoms with van der Waals surface area (Å²) in [7, 11) is 0. The van der Waals surface area contributed by atoms with Crippen molar-refractivity contribution >= 4 is 11.9 Å². The Bertz CT molecular complexity index is 1420. The number of ether oxygens (including phenoxy) is 3. The first-order valence-corrected chi connectivity index (χ1v) is 33.8. The molecule has 6 N–H and O–H groups in total. The number of nitrogens with one attached hydrogen (secondary N) is 1. The van der Waals surface area contributed by atoms with Crippen LogP contribution in [0.4, 0.5) is 0 Å². The first-order chi connectivity index (χ1) is 38.7. The molecule has 1 saturated heterocycles. The molecule has 464 valence electrons. The van der Waals surface area contributed by atoms with Crippen molar-refractivity contribution in [1.82, 2.24) is 5.32 Å². The summed E-state index contributed by atoms with van der Waals surface area (Å²) in [5, 5.41) is 57.1. The molecule has 1 aliphatic heterocycles. The maximum Gasteiger partial charge on any atom is 0.306 e. The minimum absolute atomic E-state index is 0.129. The van der Waals surface area contributed by atoms with E-state index in [2.05, 4.69) is 50.4 Å². The fourth-order valence-electron chi connectivity index (χ4n) is 10.7. The van der Waals surface area contributed by atoms with Crippen LogP contribution in [0.15, 0.2) is 36.5 Å². The molecule has 1 amide bonds. The normalized spacial score (nSPS) is 19.0. The second kappa shape index (κ2) is 56.4. The molecule has 0 saturated carbocycles. The van der Waals surface area contributed by atoms with Gasteiger partial charge in [-0.2, -0.15) is 0 Å². The highest BCUT2D eigenvalue weighted by atomic mass is 16.7. The molecule has 8 atom stereocenters. The predicted molar refractivity (Wildman–Crippen MR) is 329 cm³/mol. The Labute approximate surface area is 485 Å². The molecule has 0 aromatic heterocycles. The SMILES string of the molecule is CCCCC/C=C\C/C=C\CCCCCCCCCCCCCCCCC(O)C(=O)NC(COC1OC(CO)C(O)C(O)C1OC(=O)CCCCCCCCCCCCCCC)C(O)/C=C/CCCCCCCCCCCCC. The van der Waals surface area contributed by atoms with Crippen LogP contribution in [0.3, 0.4) is 0 Å². The molecule has 11 nitrogen and oxygen atoms in total. The van der Waals surface area contributed by atoms with Crippen LogP contribution < -0.4 is 5.32 Å². The Morgan fingerprint density at radius 1 is 0.494 bits per heavy atom. The number of allylic oxidation sites excluding steroid dienone is 5. The van der Waals surface area contributed by atoms with E-state index in [1.807, 2.05) is 6.08 Å². The third-order valence-corrected chi connectivity index (χ3v) is 16.0. The summed E-state index contributed by atoms with van der Waals surface area (Å²) in [4.78, 5) is 26.6. The summed E-state index contributed by atoms with van der Waals surface area (Å²) in [5.74, 6) is -1.18. The molecule has 0 bridgehead atoms. The molecule has 11 heteroatoms. The second-order valence-electron chi connectivity index (χ2n) is 23.6. The molecule has 0 aromatic rings. The lowest BCUT2D eigenvalue weighted by Crippen LogP contribution is -2.61. The van der Waals surface area contributed by atoms with Gasteiger partial charge >= 0.3 is 5.97 Å². The zero-order valence-electron chi connectivity index (χ0n) is 51.5. The second-order valence-corrected chi connectivity index (χ2v) is 23.6. The lowest BCUT2D eigenvalue weighted by Gasteiger charge is -2.41. The van der Waals surface area contributed by atoms with Crippen molar-refractivity contribution in [3.63, 3.8) is 0 Å². The van der Waals surface area contributed by atoms with Gasteiger partial charge in [0.15, 0.2) is 12.4 Å². The van der Waals surface area contributed by atoms with E-state index in [1.165, 1.54) is 212 Å². The number of esters is 1. The van der Waals surface area contributed by atoms with Crippen molar-refractivity contribution in [3.8, 4) is 0 Å². The van der Waals surface area contributed by atoms with Gasteiger partial charge in [0.05, 0.1) is 25.4 Å². The first kappa shape index (κ1) is 74.9. The number of amides is 1. The van der Waals surface area contributed by atoms with Crippen LogP contribution >= 0.6 is 0 Å². The fourth-order valence-corrected chi connectivity index (χ4v) is 10.7. The number of carbonyl (C=O) groups is 2. The monoisotopic (exact) mass is 1120 g/mol. The van der Waals surface area contributed by atoms with Crippen LogP contribution in [-0.2, 0) is 23.8 Å². The molecule has 1 aliphatic rings. The van der Waals surface area contributed by atoms with Gasteiger partial charge < -0.3 is 45.1 Å². The largest absolute Gasteiger partial charge is 0.454 e. The predicted octanol–water partition coefficient (Wildman–Crippen LogP) is 16.6. The Balaban J connectivity index is 2.59. The number of rotatable bonds is 58. The number of carbonyl (C=O) groups excluding carboxylic acids is 2. The Morgan fingerprint density at radius 3 is 1.32 bits per heavy atom. The molecular formula is C68H127NO10. The van der Waals surface area contributed by atoms with Gasteiger partial charge in [-0.15, -0.1) is 0 Å². The number of hydrogen-bond acceptors (Lipinski definition) is 10. The maximum absolute atomic E-state index is 13.5. The first-order valence-electron chi connectivity index (χ1n) is 33.8. The van der Waals surface area contributed by atoms with Gasteiger partial charge in [0.25, 0.3) is 0 Å². The van der Waals surface area contributed by atoms with Crippen molar-refractivity contribution in [2.24, 2.45) is 0 Å². The third-order valence-electron chi connectivity index (χ3n) is 16.0. The Kier molecular flexibility index (Phi) is 53.4. The zero-order valence-corrected chi connectivity index (χ0v) is 51.5. The third kappa shape index (κ3) is 44.1. The van der Waals surface area contributed by atoms with Crippen LogP contribution in [0.25, 0.3) is 0 Å². The number of hydrogen-bond donors (Lipinski definition) is 6. The Morgan fingerprint density at radius 2 is 0.873 bits per heavy atom. The molecule has 0 aliphatic carbocycles. The zero-order chi connectivity index (χ0) is 57.5. The number of aliphatic hydroxyl groups is 5. The van der Waals surface area contributed by atoms with Gasteiger partial charge in [-0.05, 0) is 57.8 Å². The van der Waals surface area contributed by atoms with Crippen molar-refractivity contribution in [1.29, 1.82) is 0 Å². The van der Waals surface area contributed by atoms with E-state index < -0.39 is 67.4 Å². The quantitative estimate of drug-likeness (QED) is 0.0195. The van der Waals surface area contributed by atoms with Gasteiger partial charge in [0.2, 0.25) is 5.91 Å². The topological polar surface area (TPSA) is 175 Å². The molecular weight excluding hydrogens is 991 g/mol. The van der Waals surface area contributed by atoms with Crippen molar-refractivity contribution in [3.05, 3.63) is 36.5 Å². The van der Waals surface area contributed by atoms with Crippen molar-refractivity contribution in [2.75, 3.05) is 13.2 Å². The Hall–Kier alpha value is -2.12. The van der Waals surface area contributed by atoms with Gasteiger partial charge in [0.1, 0.15) is 24.4 Å². The minimum atomic E-state index is -1.61. The number of unbranched alkanes of at least 4 members (excludes halogenated alkanes) is 40. The molecule has 0 radical (unpaired) electrons. The lowest BCUT2D eigenvalue weighted by atomic mass is 9.99. The summed E-state index contributed by atoms with van der Waals surface area (Å²) >= 11 is 0. The van der Waals surface area contributed by atoms with Gasteiger partial charge in [-0.25, -0.2) is 0 Å². The molecule has 0 aromatic carbocycles. The summed E-state index contributed by atoms with van der Waals surface area (Å²) in [6.45, 7) is 5.80. The average Bonchev–Trinajstić information content (AvgIpc) is 3.48. The van der Waals surface area contributed by atoms with Crippen LogP contribution in [-0.4, -0.2) is 99.6 Å².